The van der Waals surface area contributed by atoms with Crippen LogP contribution in [0.3, 0.4) is 0 Å². The van der Waals surface area contributed by atoms with Gasteiger partial charge in [-0.05, 0) is 22.5 Å². The van der Waals surface area contributed by atoms with Crippen LogP contribution in [0.5, 0.6) is 0 Å². The average Bonchev–Trinajstić information content (AvgIpc) is 2.47. The number of pyridine rings is 1. The zero-order valence-electron chi connectivity index (χ0n) is 10.7. The number of fused-ring (bicyclic) bond motifs is 1. The smallest absolute Gasteiger partial charge is 0.0167 e. The van der Waals surface area contributed by atoms with Gasteiger partial charge in [0.25, 0.3) is 0 Å². The normalized spacial score (nSPS) is 10.2. The summed E-state index contributed by atoms with van der Waals surface area (Å²) in [7, 11) is 0. The first-order valence-electron chi connectivity index (χ1n) is 6.23. The van der Waals surface area contributed by atoms with Crippen LogP contribution in [0.15, 0.2) is 54.7 Å². The minimum atomic E-state index is 0. The van der Waals surface area contributed by atoms with Crippen molar-refractivity contribution >= 4 is 10.8 Å². The van der Waals surface area contributed by atoms with Crippen LogP contribution in [0, 0.1) is 6.07 Å². The van der Waals surface area contributed by atoms with Crippen molar-refractivity contribution in [2.45, 2.75) is 13.3 Å². The quantitative estimate of drug-likeness (QED) is 0.560. The van der Waals surface area contributed by atoms with Gasteiger partial charge in [0.1, 0.15) is 0 Å². The molecule has 3 rings (SSSR count). The predicted octanol–water partition coefficient (Wildman–Crippen LogP) is 4.26. The Balaban J connectivity index is 0.00000133. The van der Waals surface area contributed by atoms with E-state index in [2.05, 4.69) is 54.4 Å². The largest absolute Gasteiger partial charge is 0.304 e. The average molecular weight is 425 g/mol. The Morgan fingerprint density at radius 2 is 1.89 bits per heavy atom. The molecule has 0 bridgehead atoms. The molecule has 3 aromatic rings. The van der Waals surface area contributed by atoms with Gasteiger partial charge in [-0.15, -0.1) is 35.4 Å². The first-order chi connectivity index (χ1) is 8.88. The van der Waals surface area contributed by atoms with E-state index in [0.29, 0.717) is 0 Å². The topological polar surface area (TPSA) is 12.9 Å². The Kier molecular flexibility index (Phi) is 4.47. The summed E-state index contributed by atoms with van der Waals surface area (Å²) in [6.45, 7) is 2.15. The molecule has 1 nitrogen and oxygen atoms in total. The molecule has 1 radical (unpaired) electrons. The second-order valence-corrected chi connectivity index (χ2v) is 4.34. The van der Waals surface area contributed by atoms with Crippen LogP contribution in [0.4, 0.5) is 0 Å². The third-order valence-electron chi connectivity index (χ3n) is 3.21. The molecular weight excluding hydrogens is 410 g/mol. The molecule has 0 aliphatic heterocycles. The minimum Gasteiger partial charge on any atom is -0.304 e. The number of hydrogen-bond donors (Lipinski definition) is 0. The Bertz CT molecular complexity index is 669. The van der Waals surface area contributed by atoms with Gasteiger partial charge in [-0.3, -0.25) is 0 Å². The van der Waals surface area contributed by atoms with Gasteiger partial charge in [-0.1, -0.05) is 37.6 Å². The number of benzene rings is 2. The second-order valence-electron chi connectivity index (χ2n) is 4.34. The summed E-state index contributed by atoms with van der Waals surface area (Å²) in [5.74, 6) is 0. The summed E-state index contributed by atoms with van der Waals surface area (Å²) >= 11 is 0. The van der Waals surface area contributed by atoms with Gasteiger partial charge < -0.3 is 4.98 Å². The van der Waals surface area contributed by atoms with E-state index in [0.717, 1.165) is 17.7 Å². The molecule has 2 heteroatoms. The maximum Gasteiger partial charge on any atom is 0.0167 e. The van der Waals surface area contributed by atoms with E-state index in [4.69, 9.17) is 0 Å². The van der Waals surface area contributed by atoms with Gasteiger partial charge >= 0.3 is 0 Å². The molecule has 0 saturated heterocycles. The Morgan fingerprint density at radius 3 is 2.63 bits per heavy atom. The van der Waals surface area contributed by atoms with E-state index in [1.165, 1.54) is 16.3 Å². The van der Waals surface area contributed by atoms with Crippen molar-refractivity contribution in [1.82, 2.24) is 4.98 Å². The van der Waals surface area contributed by atoms with Crippen LogP contribution < -0.4 is 0 Å². The SMILES string of the molecule is CCc1c[c-]c(-c2nccc3ccccc23)cc1.[Ir]. The molecule has 0 spiro atoms. The van der Waals surface area contributed by atoms with Crippen molar-refractivity contribution in [3.63, 3.8) is 0 Å². The molecule has 0 atom stereocenters. The minimum absolute atomic E-state index is 0. The summed E-state index contributed by atoms with van der Waals surface area (Å²) in [6.07, 6.45) is 2.90. The molecular formula is C17H14IrN-. The summed E-state index contributed by atoms with van der Waals surface area (Å²) in [5, 5.41) is 2.40. The molecule has 0 aliphatic carbocycles. The maximum atomic E-state index is 4.50. The van der Waals surface area contributed by atoms with Gasteiger partial charge in [0.05, 0.1) is 0 Å². The third-order valence-corrected chi connectivity index (χ3v) is 3.21. The van der Waals surface area contributed by atoms with Crippen LogP contribution in [-0.4, -0.2) is 4.98 Å². The van der Waals surface area contributed by atoms with Crippen molar-refractivity contribution < 1.29 is 20.1 Å². The number of aromatic nitrogens is 1. The summed E-state index contributed by atoms with van der Waals surface area (Å²) in [4.78, 5) is 4.50. The van der Waals surface area contributed by atoms with Crippen LogP contribution in [-0.2, 0) is 26.5 Å². The first-order valence-corrected chi connectivity index (χ1v) is 6.23. The Labute approximate surface area is 127 Å². The van der Waals surface area contributed by atoms with Gasteiger partial charge in [0, 0.05) is 26.3 Å². The van der Waals surface area contributed by atoms with Crippen molar-refractivity contribution in [1.29, 1.82) is 0 Å². The summed E-state index contributed by atoms with van der Waals surface area (Å²) in [5.41, 5.74) is 3.37. The zero-order chi connectivity index (χ0) is 12.4. The molecule has 0 fully saturated rings. The molecule has 0 unspecified atom stereocenters. The standard InChI is InChI=1S/C17H14N.Ir/c1-2-13-7-9-15(10-8-13)17-16-6-4-3-5-14(16)11-12-18-17;/h3-9,11-12H,2H2,1H3;/q-1;. The van der Waals surface area contributed by atoms with E-state index >= 15 is 0 Å². The zero-order valence-corrected chi connectivity index (χ0v) is 13.1. The van der Waals surface area contributed by atoms with E-state index in [1.807, 2.05) is 18.3 Å². The Morgan fingerprint density at radius 1 is 1.05 bits per heavy atom. The molecule has 2 aromatic carbocycles. The Hall–Kier alpha value is -1.50. The molecule has 0 amide bonds. The maximum absolute atomic E-state index is 4.50. The van der Waals surface area contributed by atoms with Crippen molar-refractivity contribution in [3.8, 4) is 11.3 Å². The fourth-order valence-corrected chi connectivity index (χ4v) is 2.16. The third kappa shape index (κ3) is 2.75. The van der Waals surface area contributed by atoms with Crippen LogP contribution in [0.1, 0.15) is 12.5 Å². The van der Waals surface area contributed by atoms with Gasteiger partial charge in [-0.25, -0.2) is 0 Å². The number of rotatable bonds is 2. The van der Waals surface area contributed by atoms with Gasteiger partial charge in [0.2, 0.25) is 0 Å². The predicted molar refractivity (Wildman–Crippen MR) is 75.4 cm³/mol. The monoisotopic (exact) mass is 425 g/mol. The molecule has 1 heterocycles. The fourth-order valence-electron chi connectivity index (χ4n) is 2.16. The van der Waals surface area contributed by atoms with Crippen molar-refractivity contribution in [2.75, 3.05) is 0 Å². The van der Waals surface area contributed by atoms with Crippen molar-refractivity contribution in [2.24, 2.45) is 0 Å². The fraction of sp³-hybridized carbons (Fsp3) is 0.118. The van der Waals surface area contributed by atoms with Crippen LogP contribution >= 0.6 is 0 Å². The summed E-state index contributed by atoms with van der Waals surface area (Å²) < 4.78 is 0. The molecule has 0 saturated carbocycles. The van der Waals surface area contributed by atoms with Crippen LogP contribution in [0.2, 0.25) is 0 Å². The second kappa shape index (κ2) is 6.10. The molecule has 0 aliphatic rings. The van der Waals surface area contributed by atoms with E-state index in [9.17, 15) is 0 Å². The molecule has 97 valence electrons. The van der Waals surface area contributed by atoms with E-state index in [-0.39, 0.29) is 20.1 Å². The van der Waals surface area contributed by atoms with Gasteiger partial charge in [0.15, 0.2) is 0 Å². The van der Waals surface area contributed by atoms with Crippen molar-refractivity contribution in [3.05, 3.63) is 66.4 Å². The van der Waals surface area contributed by atoms with E-state index < -0.39 is 0 Å². The van der Waals surface area contributed by atoms with Gasteiger partial charge in [-0.2, -0.15) is 0 Å². The number of nitrogens with zero attached hydrogens (tertiary/aromatic N) is 1. The molecule has 19 heavy (non-hydrogen) atoms. The van der Waals surface area contributed by atoms with E-state index in [1.54, 1.807) is 0 Å². The first kappa shape index (κ1) is 13.9. The number of hydrogen-bond acceptors (Lipinski definition) is 1. The number of aryl methyl sites for hydroxylation is 1. The molecule has 0 N–H and O–H groups in total. The molecule has 1 aromatic heterocycles. The summed E-state index contributed by atoms with van der Waals surface area (Å²) in [6, 6.07) is 20.0. The van der Waals surface area contributed by atoms with Crippen LogP contribution in [0.25, 0.3) is 22.0 Å².